The first-order valence-corrected chi connectivity index (χ1v) is 10.1. The number of nitrogens with zero attached hydrogens (tertiary/aromatic N) is 3. The molecule has 2 aromatic heterocycles. The van der Waals surface area contributed by atoms with Crippen LogP contribution in [0.5, 0.6) is 11.6 Å². The van der Waals surface area contributed by atoms with Crippen LogP contribution < -0.4 is 15.2 Å². The van der Waals surface area contributed by atoms with E-state index in [0.29, 0.717) is 23.7 Å². The number of fused-ring (bicyclic) bond motifs is 4. The molecule has 2 aromatic carbocycles. The van der Waals surface area contributed by atoms with Crippen LogP contribution in [0.25, 0.3) is 31.8 Å². The number of ether oxygens (including phenoxy) is 2. The van der Waals surface area contributed by atoms with Crippen molar-refractivity contribution in [3.8, 4) is 22.2 Å². The summed E-state index contributed by atoms with van der Waals surface area (Å²) in [6.45, 7) is 4.35. The number of methoxy groups -OCH3 is 1. The molecule has 0 spiro atoms. The SMILES string of the molecule is COc1cnc2c(-c3nc4cc(F)c5c(c4s3)[C@H](C)[C@@H](CN)O5)cc(C)cc2n1. The number of aromatic nitrogens is 3. The van der Waals surface area contributed by atoms with E-state index >= 15 is 0 Å². The molecule has 0 saturated carbocycles. The van der Waals surface area contributed by atoms with Gasteiger partial charge in [-0.25, -0.2) is 19.3 Å². The summed E-state index contributed by atoms with van der Waals surface area (Å²) in [5.41, 5.74) is 10.6. The summed E-state index contributed by atoms with van der Waals surface area (Å²) in [4.78, 5) is 13.8. The average molecular weight is 410 g/mol. The highest BCUT2D eigenvalue weighted by atomic mass is 32.1. The van der Waals surface area contributed by atoms with Gasteiger partial charge in [-0.2, -0.15) is 0 Å². The van der Waals surface area contributed by atoms with Gasteiger partial charge < -0.3 is 15.2 Å². The van der Waals surface area contributed by atoms with Gasteiger partial charge in [0, 0.05) is 29.7 Å². The van der Waals surface area contributed by atoms with Gasteiger partial charge in [0.1, 0.15) is 11.1 Å². The summed E-state index contributed by atoms with van der Waals surface area (Å²) in [7, 11) is 1.56. The van der Waals surface area contributed by atoms with Gasteiger partial charge in [-0.1, -0.05) is 6.92 Å². The lowest BCUT2D eigenvalue weighted by Gasteiger charge is -2.11. The van der Waals surface area contributed by atoms with Gasteiger partial charge in [0.05, 0.1) is 34.6 Å². The molecule has 4 aromatic rings. The third-order valence-corrected chi connectivity index (χ3v) is 6.48. The number of benzene rings is 2. The van der Waals surface area contributed by atoms with Gasteiger partial charge in [0.25, 0.3) is 0 Å². The largest absolute Gasteiger partial charge is 0.485 e. The topological polar surface area (TPSA) is 83.2 Å². The maximum Gasteiger partial charge on any atom is 0.232 e. The molecule has 1 aliphatic rings. The number of rotatable bonds is 3. The average Bonchev–Trinajstić information content (AvgIpc) is 3.27. The monoisotopic (exact) mass is 410 g/mol. The highest BCUT2D eigenvalue weighted by molar-refractivity contribution is 7.22. The van der Waals surface area contributed by atoms with Crippen LogP contribution in [0, 0.1) is 12.7 Å². The van der Waals surface area contributed by atoms with Gasteiger partial charge in [0.2, 0.25) is 5.88 Å². The molecule has 29 heavy (non-hydrogen) atoms. The fourth-order valence-corrected chi connectivity index (χ4v) is 5.09. The Morgan fingerprint density at radius 3 is 2.83 bits per heavy atom. The van der Waals surface area contributed by atoms with E-state index in [1.807, 2.05) is 26.0 Å². The van der Waals surface area contributed by atoms with Crippen molar-refractivity contribution in [2.45, 2.75) is 25.9 Å². The second kappa shape index (κ2) is 6.60. The van der Waals surface area contributed by atoms with Crippen LogP contribution in [0.15, 0.2) is 24.4 Å². The van der Waals surface area contributed by atoms with Crippen LogP contribution in [0.4, 0.5) is 4.39 Å². The van der Waals surface area contributed by atoms with Crippen molar-refractivity contribution in [1.82, 2.24) is 15.0 Å². The van der Waals surface area contributed by atoms with Gasteiger partial charge in [-0.3, -0.25) is 0 Å². The summed E-state index contributed by atoms with van der Waals surface area (Å²) in [5, 5.41) is 0.768. The quantitative estimate of drug-likeness (QED) is 0.545. The first-order valence-electron chi connectivity index (χ1n) is 9.31. The Labute approximate surface area is 170 Å². The lowest BCUT2D eigenvalue weighted by molar-refractivity contribution is 0.212. The summed E-state index contributed by atoms with van der Waals surface area (Å²) >= 11 is 1.52. The molecule has 0 unspecified atom stereocenters. The molecule has 0 bridgehead atoms. The first kappa shape index (κ1) is 18.2. The maximum absolute atomic E-state index is 14.7. The Morgan fingerprint density at radius 2 is 2.07 bits per heavy atom. The summed E-state index contributed by atoms with van der Waals surface area (Å²) in [5.74, 6) is 0.358. The summed E-state index contributed by atoms with van der Waals surface area (Å²) in [6.07, 6.45) is 1.36. The number of halogens is 1. The first-order chi connectivity index (χ1) is 14.0. The zero-order valence-corrected chi connectivity index (χ0v) is 17.0. The Morgan fingerprint density at radius 1 is 1.24 bits per heavy atom. The van der Waals surface area contributed by atoms with E-state index in [0.717, 1.165) is 37.4 Å². The summed E-state index contributed by atoms with van der Waals surface area (Å²) < 4.78 is 26.6. The Balaban J connectivity index is 1.75. The zero-order chi connectivity index (χ0) is 20.3. The van der Waals surface area contributed by atoms with Crippen molar-refractivity contribution in [1.29, 1.82) is 0 Å². The molecular weight excluding hydrogens is 391 g/mol. The van der Waals surface area contributed by atoms with E-state index in [1.165, 1.54) is 17.4 Å². The lowest BCUT2D eigenvalue weighted by Crippen LogP contribution is -2.26. The minimum Gasteiger partial charge on any atom is -0.485 e. The molecule has 1 aliphatic heterocycles. The van der Waals surface area contributed by atoms with Gasteiger partial charge in [0.15, 0.2) is 11.6 Å². The molecule has 2 atom stereocenters. The minimum atomic E-state index is -0.397. The molecular formula is C21H19FN4O2S. The standard InChI is InChI=1S/C21H19FN4O2S/c1-9-4-11(18-13(5-9)25-16(27-3)8-24-18)21-26-14-6-12(22)19-17(20(14)29-21)10(2)15(7-23)28-19/h4-6,8,10,15H,7,23H2,1-3H3/t10-,15-/m1/s1. The highest BCUT2D eigenvalue weighted by Crippen LogP contribution is 2.47. The van der Waals surface area contributed by atoms with Gasteiger partial charge >= 0.3 is 0 Å². The number of hydrogen-bond acceptors (Lipinski definition) is 7. The molecule has 0 radical (unpaired) electrons. The van der Waals surface area contributed by atoms with E-state index in [9.17, 15) is 4.39 Å². The zero-order valence-electron chi connectivity index (χ0n) is 16.2. The molecule has 8 heteroatoms. The molecule has 6 nitrogen and oxygen atoms in total. The van der Waals surface area contributed by atoms with Crippen molar-refractivity contribution in [3.05, 3.63) is 41.3 Å². The van der Waals surface area contributed by atoms with E-state index in [4.69, 9.17) is 20.2 Å². The number of aryl methyl sites for hydroxylation is 1. The van der Waals surface area contributed by atoms with Gasteiger partial charge in [-0.05, 0) is 24.6 Å². The van der Waals surface area contributed by atoms with E-state index in [2.05, 4.69) is 9.97 Å². The predicted octanol–water partition coefficient (Wildman–Crippen LogP) is 4.19. The maximum atomic E-state index is 14.7. The smallest absolute Gasteiger partial charge is 0.232 e. The molecule has 0 aliphatic carbocycles. The van der Waals surface area contributed by atoms with Crippen molar-refractivity contribution in [2.24, 2.45) is 5.73 Å². The Kier molecular flexibility index (Phi) is 4.15. The lowest BCUT2D eigenvalue weighted by atomic mass is 9.97. The van der Waals surface area contributed by atoms with Gasteiger partial charge in [-0.15, -0.1) is 11.3 Å². The molecule has 0 fully saturated rings. The molecule has 148 valence electrons. The van der Waals surface area contributed by atoms with Crippen LogP contribution in [0.2, 0.25) is 0 Å². The molecule has 2 N–H and O–H groups in total. The van der Waals surface area contributed by atoms with Crippen molar-refractivity contribution in [3.63, 3.8) is 0 Å². The molecule has 3 heterocycles. The highest BCUT2D eigenvalue weighted by Gasteiger charge is 2.35. The minimum absolute atomic E-state index is 0.000179. The fraction of sp³-hybridized carbons (Fsp3) is 0.286. The number of nitrogens with two attached hydrogens (primary N) is 1. The number of thiazole rings is 1. The third-order valence-electron chi connectivity index (χ3n) is 5.35. The van der Waals surface area contributed by atoms with E-state index in [1.54, 1.807) is 13.3 Å². The van der Waals surface area contributed by atoms with Crippen molar-refractivity contribution < 1.29 is 13.9 Å². The third kappa shape index (κ3) is 2.74. The normalized spacial score (nSPS) is 18.2. The Hall–Kier alpha value is -2.84. The fourth-order valence-electron chi connectivity index (χ4n) is 3.89. The van der Waals surface area contributed by atoms with E-state index < -0.39 is 5.82 Å². The van der Waals surface area contributed by atoms with Crippen molar-refractivity contribution in [2.75, 3.05) is 13.7 Å². The second-order valence-corrected chi connectivity index (χ2v) is 8.24. The van der Waals surface area contributed by atoms with Crippen LogP contribution in [0.1, 0.15) is 24.0 Å². The number of hydrogen-bond donors (Lipinski definition) is 1. The predicted molar refractivity (Wildman–Crippen MR) is 111 cm³/mol. The molecule has 0 saturated heterocycles. The summed E-state index contributed by atoms with van der Waals surface area (Å²) in [6, 6.07) is 5.42. The molecule has 5 rings (SSSR count). The van der Waals surface area contributed by atoms with Crippen molar-refractivity contribution >= 4 is 32.6 Å². The Bertz CT molecular complexity index is 1270. The van der Waals surface area contributed by atoms with Crippen LogP contribution in [-0.4, -0.2) is 34.7 Å². The van der Waals surface area contributed by atoms with Crippen LogP contribution >= 0.6 is 11.3 Å². The second-order valence-electron chi connectivity index (χ2n) is 7.24. The van der Waals surface area contributed by atoms with Crippen LogP contribution in [-0.2, 0) is 0 Å². The molecule has 0 amide bonds. The van der Waals surface area contributed by atoms with Crippen LogP contribution in [0.3, 0.4) is 0 Å². The van der Waals surface area contributed by atoms with E-state index in [-0.39, 0.29) is 12.0 Å².